The monoisotopic (exact) mass is 282 g/mol. The van der Waals surface area contributed by atoms with Gasteiger partial charge in [0.15, 0.2) is 0 Å². The Labute approximate surface area is 126 Å². The first-order valence-electron chi connectivity index (χ1n) is 7.58. The van der Waals surface area contributed by atoms with E-state index < -0.39 is 0 Å². The Morgan fingerprint density at radius 1 is 0.762 bits per heavy atom. The van der Waals surface area contributed by atoms with Crippen molar-refractivity contribution in [2.24, 2.45) is 0 Å². The van der Waals surface area contributed by atoms with Crippen molar-refractivity contribution in [2.75, 3.05) is 0 Å². The highest BCUT2D eigenvalue weighted by Crippen LogP contribution is 2.38. The number of ether oxygens (including phenoxy) is 1. The lowest BCUT2D eigenvalue weighted by molar-refractivity contribution is -0.0998. The summed E-state index contributed by atoms with van der Waals surface area (Å²) in [6.45, 7) is 4.16. The van der Waals surface area contributed by atoms with Crippen molar-refractivity contribution in [3.63, 3.8) is 0 Å². The van der Waals surface area contributed by atoms with Crippen LogP contribution < -0.4 is 0 Å². The van der Waals surface area contributed by atoms with Gasteiger partial charge in [0.25, 0.3) is 0 Å². The van der Waals surface area contributed by atoms with Gasteiger partial charge in [-0.25, -0.2) is 0 Å². The van der Waals surface area contributed by atoms with E-state index in [4.69, 9.17) is 4.74 Å². The number of aryl methyl sites for hydroxylation is 2. The molecule has 2 nitrogen and oxygen atoms in total. The Kier molecular flexibility index (Phi) is 4.09. The Morgan fingerprint density at radius 2 is 1.14 bits per heavy atom. The van der Waals surface area contributed by atoms with Gasteiger partial charge in [-0.05, 0) is 25.0 Å². The Morgan fingerprint density at radius 3 is 1.52 bits per heavy atom. The van der Waals surface area contributed by atoms with Crippen LogP contribution in [0.3, 0.4) is 0 Å². The Balaban J connectivity index is 1.81. The van der Waals surface area contributed by atoms with Crippen LogP contribution in [0.15, 0.2) is 48.5 Å². The summed E-state index contributed by atoms with van der Waals surface area (Å²) in [7, 11) is 0. The van der Waals surface area contributed by atoms with Crippen molar-refractivity contribution in [2.45, 2.75) is 45.0 Å². The second kappa shape index (κ2) is 6.00. The molecule has 0 aliphatic carbocycles. The fraction of sp³-hybridized carbons (Fsp3) is 0.368. The van der Waals surface area contributed by atoms with Crippen LogP contribution in [0.5, 0.6) is 0 Å². The molecule has 2 aromatic carbocycles. The zero-order valence-electron chi connectivity index (χ0n) is 12.6. The molecule has 1 heterocycles. The molecular formula is C19H22O2. The molecule has 0 saturated carbocycles. The van der Waals surface area contributed by atoms with Crippen LogP contribution in [0.2, 0.25) is 0 Å². The van der Waals surface area contributed by atoms with E-state index in [-0.39, 0.29) is 18.3 Å². The first-order chi connectivity index (χ1) is 10.1. The number of aliphatic hydroxyl groups is 1. The predicted molar refractivity (Wildman–Crippen MR) is 84.2 cm³/mol. The lowest BCUT2D eigenvalue weighted by Crippen LogP contribution is -2.26. The first kappa shape index (κ1) is 14.3. The van der Waals surface area contributed by atoms with Crippen molar-refractivity contribution in [3.8, 4) is 0 Å². The molecule has 2 heteroatoms. The van der Waals surface area contributed by atoms with Crippen molar-refractivity contribution in [1.82, 2.24) is 0 Å². The highest BCUT2D eigenvalue weighted by Gasteiger charge is 2.30. The average molecular weight is 282 g/mol. The van der Waals surface area contributed by atoms with Crippen molar-refractivity contribution < 1.29 is 9.84 Å². The Hall–Kier alpha value is -1.64. The van der Waals surface area contributed by atoms with Crippen LogP contribution in [0, 0.1) is 13.8 Å². The molecule has 110 valence electrons. The van der Waals surface area contributed by atoms with Gasteiger partial charge >= 0.3 is 0 Å². The van der Waals surface area contributed by atoms with Gasteiger partial charge in [0.2, 0.25) is 0 Å². The van der Waals surface area contributed by atoms with Crippen LogP contribution in [-0.4, -0.2) is 11.2 Å². The molecule has 0 amide bonds. The van der Waals surface area contributed by atoms with Crippen molar-refractivity contribution in [3.05, 3.63) is 70.8 Å². The second-order valence-electron chi connectivity index (χ2n) is 6.06. The third-order valence-corrected chi connectivity index (χ3v) is 4.20. The van der Waals surface area contributed by atoms with Gasteiger partial charge in [-0.2, -0.15) is 0 Å². The molecule has 0 spiro atoms. The molecule has 1 saturated heterocycles. The van der Waals surface area contributed by atoms with Crippen molar-refractivity contribution >= 4 is 0 Å². The molecule has 3 rings (SSSR count). The summed E-state index contributed by atoms with van der Waals surface area (Å²) in [4.78, 5) is 0. The summed E-state index contributed by atoms with van der Waals surface area (Å²) >= 11 is 0. The zero-order chi connectivity index (χ0) is 14.8. The molecule has 1 N–H and O–H groups in total. The molecule has 1 aliphatic rings. The number of hydrogen-bond donors (Lipinski definition) is 1. The van der Waals surface area contributed by atoms with Crippen LogP contribution in [0.1, 0.15) is 47.3 Å². The fourth-order valence-corrected chi connectivity index (χ4v) is 2.89. The smallest absolute Gasteiger partial charge is 0.0858 e. The van der Waals surface area contributed by atoms with Gasteiger partial charge in [0.05, 0.1) is 18.3 Å². The highest BCUT2D eigenvalue weighted by molar-refractivity contribution is 5.26. The van der Waals surface area contributed by atoms with Gasteiger partial charge < -0.3 is 9.84 Å². The zero-order valence-corrected chi connectivity index (χ0v) is 12.6. The predicted octanol–water partition coefficient (Wildman–Crippen LogP) is 4.26. The van der Waals surface area contributed by atoms with Gasteiger partial charge in [0, 0.05) is 12.8 Å². The third kappa shape index (κ3) is 3.34. The topological polar surface area (TPSA) is 29.5 Å². The van der Waals surface area contributed by atoms with E-state index in [1.165, 1.54) is 11.1 Å². The van der Waals surface area contributed by atoms with Gasteiger partial charge in [-0.3, -0.25) is 0 Å². The summed E-state index contributed by atoms with van der Waals surface area (Å²) < 4.78 is 6.25. The standard InChI is InChI=1S/C19H22O2/c1-13-3-7-15(8-4-13)18-11-17(20)12-19(21-18)16-9-5-14(2)6-10-16/h3-10,17-20H,11-12H2,1-2H3/t17?,18-,19?/m0/s1. The van der Waals surface area contributed by atoms with E-state index >= 15 is 0 Å². The number of hydrogen-bond acceptors (Lipinski definition) is 2. The maximum absolute atomic E-state index is 10.2. The molecule has 1 aliphatic heterocycles. The quantitative estimate of drug-likeness (QED) is 0.892. The maximum atomic E-state index is 10.2. The number of aliphatic hydroxyl groups excluding tert-OH is 1. The third-order valence-electron chi connectivity index (χ3n) is 4.20. The molecule has 0 radical (unpaired) electrons. The molecule has 3 atom stereocenters. The lowest BCUT2D eigenvalue weighted by Gasteiger charge is -2.34. The summed E-state index contributed by atoms with van der Waals surface area (Å²) in [6, 6.07) is 16.8. The van der Waals surface area contributed by atoms with E-state index in [0.29, 0.717) is 12.8 Å². The SMILES string of the molecule is Cc1ccc(C2CC(O)C[C@@H](c3ccc(C)cc3)O2)cc1. The summed E-state index contributed by atoms with van der Waals surface area (Å²) in [5.74, 6) is 0. The molecule has 0 aromatic heterocycles. The van der Waals surface area contributed by atoms with Crippen LogP contribution in [0.25, 0.3) is 0 Å². The number of rotatable bonds is 2. The van der Waals surface area contributed by atoms with E-state index in [9.17, 15) is 5.11 Å². The van der Waals surface area contributed by atoms with E-state index in [1.807, 2.05) is 0 Å². The average Bonchev–Trinajstić information content (AvgIpc) is 2.48. The van der Waals surface area contributed by atoms with Crippen LogP contribution >= 0.6 is 0 Å². The second-order valence-corrected chi connectivity index (χ2v) is 6.06. The molecular weight excluding hydrogens is 260 g/mol. The van der Waals surface area contributed by atoms with Crippen LogP contribution in [0.4, 0.5) is 0 Å². The lowest BCUT2D eigenvalue weighted by atomic mass is 9.92. The van der Waals surface area contributed by atoms with Gasteiger partial charge in [-0.1, -0.05) is 59.7 Å². The summed E-state index contributed by atoms with van der Waals surface area (Å²) in [6.07, 6.45) is 0.981. The van der Waals surface area contributed by atoms with E-state index in [2.05, 4.69) is 62.4 Å². The number of benzene rings is 2. The largest absolute Gasteiger partial charge is 0.393 e. The minimum Gasteiger partial charge on any atom is -0.393 e. The molecule has 21 heavy (non-hydrogen) atoms. The minimum absolute atomic E-state index is 0.0272. The van der Waals surface area contributed by atoms with E-state index in [1.54, 1.807) is 0 Å². The van der Waals surface area contributed by atoms with Crippen molar-refractivity contribution in [1.29, 1.82) is 0 Å². The fourth-order valence-electron chi connectivity index (χ4n) is 2.89. The summed E-state index contributed by atoms with van der Waals surface area (Å²) in [5.41, 5.74) is 4.78. The highest BCUT2D eigenvalue weighted by atomic mass is 16.5. The van der Waals surface area contributed by atoms with Gasteiger partial charge in [0.1, 0.15) is 0 Å². The normalized spacial score (nSPS) is 25.8. The van der Waals surface area contributed by atoms with Gasteiger partial charge in [-0.15, -0.1) is 0 Å². The summed E-state index contributed by atoms with van der Waals surface area (Å²) in [5, 5.41) is 10.2. The maximum Gasteiger partial charge on any atom is 0.0858 e. The minimum atomic E-state index is -0.309. The Bertz CT molecular complexity index is 532. The molecule has 0 bridgehead atoms. The van der Waals surface area contributed by atoms with Crippen LogP contribution in [-0.2, 0) is 4.74 Å². The molecule has 1 fully saturated rings. The first-order valence-corrected chi connectivity index (χ1v) is 7.58. The molecule has 2 unspecified atom stereocenters. The van der Waals surface area contributed by atoms with E-state index in [0.717, 1.165) is 11.1 Å². The molecule has 2 aromatic rings.